The molecule has 0 saturated carbocycles. The lowest BCUT2D eigenvalue weighted by Crippen LogP contribution is -2.47. The Kier molecular flexibility index (Phi) is 4.91. The maximum absolute atomic E-state index is 12.2. The van der Waals surface area contributed by atoms with Crippen LogP contribution in [0.15, 0.2) is 34.7 Å². The van der Waals surface area contributed by atoms with Crippen LogP contribution < -0.4 is 5.32 Å². The van der Waals surface area contributed by atoms with E-state index in [1.807, 2.05) is 56.1 Å². The van der Waals surface area contributed by atoms with Crippen LogP contribution in [0.25, 0.3) is 11.0 Å². The van der Waals surface area contributed by atoms with Crippen LogP contribution in [-0.4, -0.2) is 29.9 Å². The predicted octanol–water partition coefficient (Wildman–Crippen LogP) is 3.73. The lowest BCUT2D eigenvalue weighted by molar-refractivity contribution is -0.124. The summed E-state index contributed by atoms with van der Waals surface area (Å²) in [5.41, 5.74) is 0.717. The number of nitrogens with one attached hydrogen (secondary N) is 1. The second-order valence-corrected chi connectivity index (χ2v) is 6.56. The van der Waals surface area contributed by atoms with Gasteiger partial charge >= 0.3 is 0 Å². The van der Waals surface area contributed by atoms with E-state index in [1.165, 1.54) is 0 Å². The van der Waals surface area contributed by atoms with Crippen molar-refractivity contribution >= 4 is 16.9 Å². The van der Waals surface area contributed by atoms with Gasteiger partial charge in [-0.15, -0.1) is 0 Å². The zero-order valence-electron chi connectivity index (χ0n) is 14.1. The summed E-state index contributed by atoms with van der Waals surface area (Å²) in [6, 6.07) is 10.0. The molecule has 0 fully saturated rings. The summed E-state index contributed by atoms with van der Waals surface area (Å²) in [5, 5.41) is 4.15. The van der Waals surface area contributed by atoms with Gasteiger partial charge in [-0.25, -0.2) is 0 Å². The molecule has 1 unspecified atom stereocenters. The van der Waals surface area contributed by atoms with Gasteiger partial charge in [-0.05, 0) is 46.4 Å². The highest BCUT2D eigenvalue weighted by Gasteiger charge is 2.22. The average molecular weight is 302 g/mol. The minimum absolute atomic E-state index is 0.0392. The summed E-state index contributed by atoms with van der Waals surface area (Å²) in [5.74, 6) is 0.920. The monoisotopic (exact) mass is 302 g/mol. The van der Waals surface area contributed by atoms with Crippen molar-refractivity contribution in [1.29, 1.82) is 0 Å². The normalized spacial score (nSPS) is 13.5. The molecule has 1 heterocycles. The number of carbonyl (C=O) groups is 1. The van der Waals surface area contributed by atoms with Crippen molar-refractivity contribution in [3.05, 3.63) is 36.1 Å². The summed E-state index contributed by atoms with van der Waals surface area (Å²) in [7, 11) is 1.94. The maximum atomic E-state index is 12.2. The Hall–Kier alpha value is -1.81. The third kappa shape index (κ3) is 3.89. The molecule has 0 aliphatic carbocycles. The molecule has 0 spiro atoms. The third-order valence-electron chi connectivity index (χ3n) is 4.27. The highest BCUT2D eigenvalue weighted by Crippen LogP contribution is 2.26. The molecule has 1 amide bonds. The third-order valence-corrected chi connectivity index (χ3v) is 4.27. The molecular weight excluding hydrogens is 276 g/mol. The molecule has 4 nitrogen and oxygen atoms in total. The number of hydrogen-bond acceptors (Lipinski definition) is 3. The molecule has 0 saturated heterocycles. The van der Waals surface area contributed by atoms with Crippen LogP contribution in [0.1, 0.15) is 45.9 Å². The first-order valence-electron chi connectivity index (χ1n) is 7.82. The van der Waals surface area contributed by atoms with Crippen LogP contribution in [0.3, 0.4) is 0 Å². The maximum Gasteiger partial charge on any atom is 0.234 e. The lowest BCUT2D eigenvalue weighted by Gasteiger charge is -2.28. The van der Waals surface area contributed by atoms with E-state index in [0.717, 1.165) is 23.2 Å². The molecule has 0 bridgehead atoms. The summed E-state index contributed by atoms with van der Waals surface area (Å²) in [6.07, 6.45) is 0.904. The van der Waals surface area contributed by atoms with E-state index in [2.05, 4.69) is 19.2 Å². The Labute approximate surface area is 132 Å². The molecular formula is C18H26N2O2. The van der Waals surface area contributed by atoms with Crippen molar-refractivity contribution in [2.45, 2.75) is 45.7 Å². The molecule has 22 heavy (non-hydrogen) atoms. The fourth-order valence-electron chi connectivity index (χ4n) is 2.29. The van der Waals surface area contributed by atoms with Gasteiger partial charge in [0.15, 0.2) is 0 Å². The van der Waals surface area contributed by atoms with Crippen LogP contribution >= 0.6 is 0 Å². The Morgan fingerprint density at radius 1 is 1.36 bits per heavy atom. The fraction of sp³-hybridized carbons (Fsp3) is 0.500. The van der Waals surface area contributed by atoms with Crippen LogP contribution in [0.5, 0.6) is 0 Å². The van der Waals surface area contributed by atoms with E-state index in [0.29, 0.717) is 6.54 Å². The van der Waals surface area contributed by atoms with E-state index in [9.17, 15) is 4.79 Å². The summed E-state index contributed by atoms with van der Waals surface area (Å²) >= 11 is 0. The molecule has 0 aliphatic rings. The quantitative estimate of drug-likeness (QED) is 0.884. The van der Waals surface area contributed by atoms with Gasteiger partial charge in [0.25, 0.3) is 0 Å². The molecule has 0 radical (unpaired) electrons. The van der Waals surface area contributed by atoms with Gasteiger partial charge in [0, 0.05) is 10.9 Å². The van der Waals surface area contributed by atoms with Gasteiger partial charge in [-0.1, -0.05) is 25.1 Å². The molecule has 0 aliphatic heterocycles. The van der Waals surface area contributed by atoms with E-state index in [4.69, 9.17) is 4.42 Å². The molecule has 2 rings (SSSR count). The van der Waals surface area contributed by atoms with E-state index < -0.39 is 0 Å². The van der Waals surface area contributed by atoms with Crippen molar-refractivity contribution in [2.24, 2.45) is 0 Å². The van der Waals surface area contributed by atoms with Gasteiger partial charge < -0.3 is 9.73 Å². The Morgan fingerprint density at radius 2 is 2.05 bits per heavy atom. The van der Waals surface area contributed by atoms with Crippen molar-refractivity contribution in [2.75, 3.05) is 13.6 Å². The number of nitrogens with zero attached hydrogens (tertiary/aromatic N) is 1. The fourth-order valence-corrected chi connectivity index (χ4v) is 2.29. The molecule has 2 aromatic rings. The van der Waals surface area contributed by atoms with Crippen molar-refractivity contribution in [1.82, 2.24) is 10.2 Å². The van der Waals surface area contributed by atoms with Gasteiger partial charge in [-0.2, -0.15) is 0 Å². The Morgan fingerprint density at radius 3 is 2.68 bits per heavy atom. The first-order valence-corrected chi connectivity index (χ1v) is 7.82. The highest BCUT2D eigenvalue weighted by atomic mass is 16.3. The van der Waals surface area contributed by atoms with Crippen LogP contribution in [-0.2, 0) is 4.79 Å². The number of para-hydroxylation sites is 1. The number of benzene rings is 1. The van der Waals surface area contributed by atoms with Crippen molar-refractivity contribution in [3.63, 3.8) is 0 Å². The minimum Gasteiger partial charge on any atom is -0.459 e. The van der Waals surface area contributed by atoms with Crippen molar-refractivity contribution < 1.29 is 9.21 Å². The summed E-state index contributed by atoms with van der Waals surface area (Å²) in [6.45, 7) is 8.54. The number of carbonyl (C=O) groups excluding carboxylic acids is 1. The zero-order chi connectivity index (χ0) is 16.3. The smallest absolute Gasteiger partial charge is 0.234 e. The molecule has 1 aromatic heterocycles. The van der Waals surface area contributed by atoms with E-state index >= 15 is 0 Å². The van der Waals surface area contributed by atoms with Gasteiger partial charge in [0.05, 0.1) is 12.6 Å². The van der Waals surface area contributed by atoms with Crippen LogP contribution in [0.2, 0.25) is 0 Å². The van der Waals surface area contributed by atoms with Crippen LogP contribution in [0.4, 0.5) is 0 Å². The highest BCUT2D eigenvalue weighted by molar-refractivity contribution is 5.79. The minimum atomic E-state index is -0.166. The summed E-state index contributed by atoms with van der Waals surface area (Å²) in [4.78, 5) is 14.2. The number of likely N-dealkylation sites (N-methyl/N-ethyl adjacent to an activating group) is 1. The number of fused-ring (bicyclic) bond motifs is 1. The summed E-state index contributed by atoms with van der Waals surface area (Å²) < 4.78 is 5.88. The number of hydrogen-bond donors (Lipinski definition) is 1. The second kappa shape index (κ2) is 6.53. The average Bonchev–Trinajstić information content (AvgIpc) is 2.89. The Bertz CT molecular complexity index is 612. The number of amides is 1. The second-order valence-electron chi connectivity index (χ2n) is 6.56. The largest absolute Gasteiger partial charge is 0.459 e. The van der Waals surface area contributed by atoms with Crippen LogP contribution in [0, 0.1) is 0 Å². The van der Waals surface area contributed by atoms with E-state index in [-0.39, 0.29) is 17.5 Å². The molecule has 120 valence electrons. The SMILES string of the molecule is CCC(C)(C)NC(=O)CN(C)C(C)c1cc2ccccc2o1. The first kappa shape index (κ1) is 16.6. The lowest BCUT2D eigenvalue weighted by atomic mass is 10.0. The van der Waals surface area contributed by atoms with Crippen molar-refractivity contribution in [3.8, 4) is 0 Å². The van der Waals surface area contributed by atoms with Gasteiger partial charge in [0.1, 0.15) is 11.3 Å². The molecule has 4 heteroatoms. The Balaban J connectivity index is 2.02. The standard InChI is InChI=1S/C18H26N2O2/c1-6-18(3,4)19-17(21)12-20(5)13(2)16-11-14-9-7-8-10-15(14)22-16/h7-11,13H,6,12H2,1-5H3,(H,19,21). The number of rotatable bonds is 6. The van der Waals surface area contributed by atoms with Gasteiger partial charge in [0.2, 0.25) is 5.91 Å². The van der Waals surface area contributed by atoms with E-state index in [1.54, 1.807) is 0 Å². The first-order chi connectivity index (χ1) is 10.3. The topological polar surface area (TPSA) is 45.5 Å². The predicted molar refractivity (Wildman–Crippen MR) is 89.8 cm³/mol. The molecule has 1 N–H and O–H groups in total. The number of furan rings is 1. The van der Waals surface area contributed by atoms with Gasteiger partial charge in [-0.3, -0.25) is 9.69 Å². The zero-order valence-corrected chi connectivity index (χ0v) is 14.1. The molecule has 1 aromatic carbocycles. The molecule has 1 atom stereocenters.